The van der Waals surface area contributed by atoms with Crippen LogP contribution in [0.25, 0.3) is 33.1 Å². The van der Waals surface area contributed by atoms with Gasteiger partial charge in [-0.1, -0.05) is 11.6 Å². The Morgan fingerprint density at radius 2 is 1.77 bits per heavy atom. The molecule has 0 unspecified atom stereocenters. The molecule has 4 aromatic rings. The van der Waals surface area contributed by atoms with E-state index in [-0.39, 0.29) is 51.4 Å². The predicted octanol–water partition coefficient (Wildman–Crippen LogP) is 4.32. The Hall–Kier alpha value is -3.41. The lowest BCUT2D eigenvalue weighted by Crippen LogP contribution is -2.03. The Bertz CT molecular complexity index is 1270. The molecule has 0 bridgehead atoms. The van der Waals surface area contributed by atoms with Crippen LogP contribution >= 0.6 is 0 Å². The molecule has 0 aliphatic rings. The van der Waals surface area contributed by atoms with Gasteiger partial charge >= 0.3 is 5.78 Å². The number of allylic oxidation sites excluding steroid dienone is 2. The van der Waals surface area contributed by atoms with Crippen LogP contribution in [-0.2, 0) is 6.42 Å². The van der Waals surface area contributed by atoms with Gasteiger partial charge in [0, 0.05) is 23.1 Å². The van der Waals surface area contributed by atoms with E-state index in [1.165, 1.54) is 18.2 Å². The Balaban J connectivity index is 2.12. The van der Waals surface area contributed by atoms with Crippen LogP contribution in [0.5, 0.6) is 17.2 Å². The molecular weight excluding hydrogens is 336 g/mol. The molecule has 2 aromatic carbocycles. The molecule has 6 heteroatoms. The fraction of sp³-hybridized carbons (Fsp3) is 0.150. The minimum absolute atomic E-state index is 0.00180. The summed E-state index contributed by atoms with van der Waals surface area (Å²) in [6.07, 6.45) is 2.13. The Morgan fingerprint density at radius 3 is 2.50 bits per heavy atom. The Kier molecular flexibility index (Phi) is 3.44. The summed E-state index contributed by atoms with van der Waals surface area (Å²) in [6.45, 7) is 3.81. The number of phenols is 3. The zero-order valence-corrected chi connectivity index (χ0v) is 14.2. The van der Waals surface area contributed by atoms with Crippen molar-refractivity contribution in [1.82, 2.24) is 0 Å². The van der Waals surface area contributed by atoms with E-state index in [4.69, 9.17) is 8.83 Å². The van der Waals surface area contributed by atoms with Gasteiger partial charge in [0.15, 0.2) is 0 Å². The Labute approximate surface area is 147 Å². The van der Waals surface area contributed by atoms with Gasteiger partial charge in [-0.2, -0.15) is 0 Å². The third-order valence-electron chi connectivity index (χ3n) is 4.36. The van der Waals surface area contributed by atoms with Crippen molar-refractivity contribution in [2.75, 3.05) is 0 Å². The number of furan rings is 1. The number of phenolic OH excluding ortho intramolecular Hbond substituents is 3. The molecule has 0 spiro atoms. The monoisotopic (exact) mass is 352 g/mol. The fourth-order valence-corrected chi connectivity index (χ4v) is 3.05. The van der Waals surface area contributed by atoms with Gasteiger partial charge in [-0.25, -0.2) is 0 Å². The van der Waals surface area contributed by atoms with E-state index in [1.807, 2.05) is 19.9 Å². The van der Waals surface area contributed by atoms with Gasteiger partial charge in [-0.3, -0.25) is 4.79 Å². The van der Waals surface area contributed by atoms with E-state index in [0.29, 0.717) is 11.0 Å². The van der Waals surface area contributed by atoms with Crippen molar-refractivity contribution in [2.45, 2.75) is 20.3 Å². The predicted molar refractivity (Wildman–Crippen MR) is 97.9 cm³/mol. The Morgan fingerprint density at radius 1 is 1.04 bits per heavy atom. The van der Waals surface area contributed by atoms with Crippen molar-refractivity contribution < 1.29 is 24.2 Å². The highest BCUT2D eigenvalue weighted by Crippen LogP contribution is 2.38. The van der Waals surface area contributed by atoms with Gasteiger partial charge in [0.05, 0.1) is 0 Å². The quantitative estimate of drug-likeness (QED) is 0.464. The van der Waals surface area contributed by atoms with E-state index in [2.05, 4.69) is 0 Å². The highest BCUT2D eigenvalue weighted by Gasteiger charge is 2.21. The van der Waals surface area contributed by atoms with Crippen molar-refractivity contribution in [3.63, 3.8) is 0 Å². The molecule has 26 heavy (non-hydrogen) atoms. The largest absolute Gasteiger partial charge is 0.508 e. The van der Waals surface area contributed by atoms with E-state index < -0.39 is 5.43 Å². The van der Waals surface area contributed by atoms with Crippen LogP contribution < -0.4 is 5.43 Å². The third kappa shape index (κ3) is 2.30. The molecule has 4 rings (SSSR count). The molecule has 132 valence electrons. The average Bonchev–Trinajstić information content (AvgIpc) is 2.91. The van der Waals surface area contributed by atoms with E-state index in [9.17, 15) is 20.1 Å². The number of hydrogen-bond acceptors (Lipinski definition) is 6. The summed E-state index contributed by atoms with van der Waals surface area (Å²) < 4.78 is 11.1. The maximum absolute atomic E-state index is 13.0. The van der Waals surface area contributed by atoms with Crippen molar-refractivity contribution in [3.05, 3.63) is 51.7 Å². The second-order valence-electron chi connectivity index (χ2n) is 6.46. The number of benzene rings is 2. The molecule has 0 atom stereocenters. The molecule has 6 nitrogen and oxygen atoms in total. The van der Waals surface area contributed by atoms with Crippen LogP contribution in [0.3, 0.4) is 0 Å². The van der Waals surface area contributed by atoms with Crippen molar-refractivity contribution in [1.29, 1.82) is 0 Å². The maximum Gasteiger partial charge on any atom is 0.302 e. The molecule has 0 saturated heterocycles. The zero-order valence-electron chi connectivity index (χ0n) is 14.2. The van der Waals surface area contributed by atoms with Crippen LogP contribution in [0, 0.1) is 0 Å². The van der Waals surface area contributed by atoms with Crippen molar-refractivity contribution in [2.24, 2.45) is 0 Å². The van der Waals surface area contributed by atoms with Crippen LogP contribution in [0.2, 0.25) is 0 Å². The molecule has 0 amide bonds. The molecule has 0 radical (unpaired) electrons. The van der Waals surface area contributed by atoms with Crippen molar-refractivity contribution >= 4 is 33.1 Å². The molecule has 0 saturated carbocycles. The SMILES string of the molecule is CC(C)=CCc1c(O)cc2oc3oc4cc(O)ccc4c3c(=O)c2c1O. The molecule has 0 aliphatic carbocycles. The van der Waals surface area contributed by atoms with Gasteiger partial charge in [0.1, 0.15) is 39.2 Å². The van der Waals surface area contributed by atoms with E-state index >= 15 is 0 Å². The minimum atomic E-state index is -0.457. The summed E-state index contributed by atoms with van der Waals surface area (Å²) in [5.74, 6) is -0.498. The van der Waals surface area contributed by atoms with E-state index in [0.717, 1.165) is 5.57 Å². The lowest BCUT2D eigenvalue weighted by molar-refractivity contribution is 0.442. The van der Waals surface area contributed by atoms with Crippen LogP contribution in [0.1, 0.15) is 19.4 Å². The third-order valence-corrected chi connectivity index (χ3v) is 4.36. The maximum atomic E-state index is 13.0. The minimum Gasteiger partial charge on any atom is -0.508 e. The normalized spacial score (nSPS) is 11.5. The number of rotatable bonds is 2. The van der Waals surface area contributed by atoms with Gasteiger partial charge in [0.25, 0.3) is 0 Å². The lowest BCUT2D eigenvalue weighted by atomic mass is 10.0. The van der Waals surface area contributed by atoms with Gasteiger partial charge in [-0.05, 0) is 32.4 Å². The topological polar surface area (TPSA) is 104 Å². The van der Waals surface area contributed by atoms with Crippen LogP contribution in [0.15, 0.2) is 49.5 Å². The van der Waals surface area contributed by atoms with Gasteiger partial charge in [-0.15, -0.1) is 0 Å². The highest BCUT2D eigenvalue weighted by atomic mass is 16.5. The summed E-state index contributed by atoms with van der Waals surface area (Å²) in [7, 11) is 0. The second kappa shape index (κ2) is 5.56. The first-order valence-corrected chi connectivity index (χ1v) is 8.06. The first kappa shape index (κ1) is 16.1. The van der Waals surface area contributed by atoms with Gasteiger partial charge in [0.2, 0.25) is 5.43 Å². The van der Waals surface area contributed by atoms with Crippen molar-refractivity contribution in [3.8, 4) is 17.2 Å². The summed E-state index contributed by atoms with van der Waals surface area (Å²) >= 11 is 0. The summed E-state index contributed by atoms with van der Waals surface area (Å²) in [4.78, 5) is 13.0. The second-order valence-corrected chi connectivity index (χ2v) is 6.46. The molecule has 2 aromatic heterocycles. The lowest BCUT2D eigenvalue weighted by Gasteiger charge is -2.08. The highest BCUT2D eigenvalue weighted by molar-refractivity contribution is 6.07. The smallest absolute Gasteiger partial charge is 0.302 e. The molecular formula is C20H16O6. The zero-order chi connectivity index (χ0) is 18.6. The average molecular weight is 352 g/mol. The first-order chi connectivity index (χ1) is 12.4. The number of hydrogen-bond donors (Lipinski definition) is 3. The number of aromatic hydroxyl groups is 3. The van der Waals surface area contributed by atoms with E-state index in [1.54, 1.807) is 6.07 Å². The first-order valence-electron chi connectivity index (χ1n) is 8.06. The summed E-state index contributed by atoms with van der Waals surface area (Å²) in [5, 5.41) is 31.1. The number of fused-ring (bicyclic) bond motifs is 4. The molecule has 0 fully saturated rings. The van der Waals surface area contributed by atoms with Crippen LogP contribution in [0.4, 0.5) is 0 Å². The molecule has 0 aliphatic heterocycles. The van der Waals surface area contributed by atoms with Gasteiger partial charge < -0.3 is 24.2 Å². The molecule has 2 heterocycles. The fourth-order valence-electron chi connectivity index (χ4n) is 3.05. The molecule has 3 N–H and O–H groups in total. The van der Waals surface area contributed by atoms with Crippen LogP contribution in [-0.4, -0.2) is 15.3 Å². The standard InChI is InChI=1S/C20H16O6/c1-9(2)3-5-11-13(22)8-15-17(18(11)23)19(24)16-12-6-4-10(21)7-14(12)25-20(16)26-15/h3-4,6-8,21-23H,5H2,1-2H3. The summed E-state index contributed by atoms with van der Waals surface area (Å²) in [5.41, 5.74) is 1.15. The summed E-state index contributed by atoms with van der Waals surface area (Å²) in [6, 6.07) is 5.68.